The van der Waals surface area contributed by atoms with E-state index in [1.54, 1.807) is 12.1 Å². The normalized spacial score (nSPS) is 18.7. The number of phenols is 1. The minimum absolute atomic E-state index is 0.192. The summed E-state index contributed by atoms with van der Waals surface area (Å²) in [5, 5.41) is 9.43. The standard InChI is InChI=1S/C10H12BrNO/c1-6-4-7(13)5-8(9(6)11)10(12)2-3-10/h4-5,13H,2-3,12H2,1H3. The van der Waals surface area contributed by atoms with Crippen molar-refractivity contribution < 1.29 is 5.11 Å². The summed E-state index contributed by atoms with van der Waals surface area (Å²) in [4.78, 5) is 0. The highest BCUT2D eigenvalue weighted by Crippen LogP contribution is 2.47. The molecular formula is C10H12BrNO. The van der Waals surface area contributed by atoms with Crippen LogP contribution in [0.1, 0.15) is 24.0 Å². The van der Waals surface area contributed by atoms with Gasteiger partial charge in [0.05, 0.1) is 0 Å². The number of nitrogens with two attached hydrogens (primary N) is 1. The highest BCUT2D eigenvalue weighted by Gasteiger charge is 2.41. The molecule has 13 heavy (non-hydrogen) atoms. The number of halogens is 1. The Bertz CT molecular complexity index is 358. The Labute approximate surface area is 85.9 Å². The molecule has 3 N–H and O–H groups in total. The zero-order chi connectivity index (χ0) is 9.64. The summed E-state index contributed by atoms with van der Waals surface area (Å²) in [6.45, 7) is 1.96. The molecule has 0 saturated heterocycles. The number of aryl methyl sites for hydroxylation is 1. The lowest BCUT2D eigenvalue weighted by molar-refractivity contribution is 0.472. The van der Waals surface area contributed by atoms with E-state index in [-0.39, 0.29) is 5.54 Å². The maximum Gasteiger partial charge on any atom is 0.116 e. The minimum atomic E-state index is -0.192. The Morgan fingerprint density at radius 1 is 1.46 bits per heavy atom. The van der Waals surface area contributed by atoms with Crippen molar-refractivity contribution in [2.75, 3.05) is 0 Å². The van der Waals surface area contributed by atoms with Crippen LogP contribution in [0.5, 0.6) is 5.75 Å². The zero-order valence-electron chi connectivity index (χ0n) is 7.47. The van der Waals surface area contributed by atoms with Crippen molar-refractivity contribution in [2.24, 2.45) is 5.73 Å². The average Bonchev–Trinajstić information content (AvgIpc) is 2.77. The number of hydrogen-bond acceptors (Lipinski definition) is 2. The van der Waals surface area contributed by atoms with Crippen molar-refractivity contribution in [3.63, 3.8) is 0 Å². The molecule has 1 aromatic rings. The Morgan fingerprint density at radius 2 is 2.08 bits per heavy atom. The van der Waals surface area contributed by atoms with Gasteiger partial charge in [-0.1, -0.05) is 15.9 Å². The lowest BCUT2D eigenvalue weighted by atomic mass is 10.0. The van der Waals surface area contributed by atoms with Crippen LogP contribution >= 0.6 is 15.9 Å². The minimum Gasteiger partial charge on any atom is -0.508 e. The molecule has 1 aliphatic rings. The highest BCUT2D eigenvalue weighted by molar-refractivity contribution is 9.10. The topological polar surface area (TPSA) is 46.2 Å². The van der Waals surface area contributed by atoms with Crippen LogP contribution in [0.25, 0.3) is 0 Å². The fourth-order valence-corrected chi connectivity index (χ4v) is 2.14. The van der Waals surface area contributed by atoms with Crippen molar-refractivity contribution in [3.8, 4) is 5.75 Å². The van der Waals surface area contributed by atoms with Gasteiger partial charge < -0.3 is 10.8 Å². The molecule has 0 amide bonds. The van der Waals surface area contributed by atoms with Crippen LogP contribution in [0.15, 0.2) is 16.6 Å². The van der Waals surface area contributed by atoms with Gasteiger partial charge in [-0.2, -0.15) is 0 Å². The van der Waals surface area contributed by atoms with Crippen LogP contribution in [0.4, 0.5) is 0 Å². The Morgan fingerprint density at radius 3 is 2.62 bits per heavy atom. The van der Waals surface area contributed by atoms with Crippen LogP contribution in [0.2, 0.25) is 0 Å². The molecule has 0 radical (unpaired) electrons. The van der Waals surface area contributed by atoms with E-state index in [4.69, 9.17) is 5.73 Å². The van der Waals surface area contributed by atoms with Gasteiger partial charge in [-0.15, -0.1) is 0 Å². The summed E-state index contributed by atoms with van der Waals surface area (Å²) < 4.78 is 1.03. The number of hydrogen-bond donors (Lipinski definition) is 2. The molecule has 0 bridgehead atoms. The van der Waals surface area contributed by atoms with E-state index >= 15 is 0 Å². The third-order valence-electron chi connectivity index (χ3n) is 2.56. The first kappa shape index (κ1) is 9.03. The van der Waals surface area contributed by atoms with Crippen LogP contribution in [0, 0.1) is 6.92 Å². The molecule has 1 fully saturated rings. The largest absolute Gasteiger partial charge is 0.508 e. The molecule has 0 spiro atoms. The Hall–Kier alpha value is -0.540. The zero-order valence-corrected chi connectivity index (χ0v) is 9.06. The van der Waals surface area contributed by atoms with Crippen LogP contribution < -0.4 is 5.73 Å². The molecule has 0 heterocycles. The molecule has 2 rings (SSSR count). The third kappa shape index (κ3) is 1.46. The second kappa shape index (κ2) is 2.72. The Kier molecular flexibility index (Phi) is 1.89. The molecular weight excluding hydrogens is 230 g/mol. The number of aromatic hydroxyl groups is 1. The first-order valence-corrected chi connectivity index (χ1v) is 5.11. The van der Waals surface area contributed by atoms with Crippen LogP contribution in [-0.4, -0.2) is 5.11 Å². The van der Waals surface area contributed by atoms with Gasteiger partial charge in [0, 0.05) is 10.0 Å². The van der Waals surface area contributed by atoms with E-state index < -0.39 is 0 Å². The van der Waals surface area contributed by atoms with Gasteiger partial charge in [0.1, 0.15) is 5.75 Å². The maximum atomic E-state index is 9.43. The highest BCUT2D eigenvalue weighted by atomic mass is 79.9. The van der Waals surface area contributed by atoms with Gasteiger partial charge in [-0.3, -0.25) is 0 Å². The predicted molar refractivity (Wildman–Crippen MR) is 55.6 cm³/mol. The molecule has 0 aromatic heterocycles. The molecule has 0 atom stereocenters. The molecule has 70 valence electrons. The van der Waals surface area contributed by atoms with Gasteiger partial charge in [-0.25, -0.2) is 0 Å². The SMILES string of the molecule is Cc1cc(O)cc(C2(N)CC2)c1Br. The lowest BCUT2D eigenvalue weighted by Gasteiger charge is -2.13. The predicted octanol–water partition coefficient (Wildman–Crippen LogP) is 2.41. The van der Waals surface area contributed by atoms with E-state index in [1.165, 1.54) is 0 Å². The molecule has 1 aromatic carbocycles. The third-order valence-corrected chi connectivity index (χ3v) is 3.62. The summed E-state index contributed by atoms with van der Waals surface area (Å²) in [6, 6.07) is 3.49. The van der Waals surface area contributed by atoms with Gasteiger partial charge in [-0.05, 0) is 43.0 Å². The summed E-state index contributed by atoms with van der Waals surface area (Å²) in [5.74, 6) is 0.299. The first-order valence-electron chi connectivity index (χ1n) is 4.31. The summed E-state index contributed by atoms with van der Waals surface area (Å²) >= 11 is 3.50. The van der Waals surface area contributed by atoms with Gasteiger partial charge in [0.2, 0.25) is 0 Å². The molecule has 2 nitrogen and oxygen atoms in total. The van der Waals surface area contributed by atoms with Crippen LogP contribution in [-0.2, 0) is 5.54 Å². The van der Waals surface area contributed by atoms with Gasteiger partial charge >= 0.3 is 0 Å². The first-order chi connectivity index (χ1) is 6.03. The lowest BCUT2D eigenvalue weighted by Crippen LogP contribution is -2.19. The quantitative estimate of drug-likeness (QED) is 0.794. The molecule has 0 unspecified atom stereocenters. The van der Waals surface area contributed by atoms with Crippen molar-refractivity contribution in [2.45, 2.75) is 25.3 Å². The van der Waals surface area contributed by atoms with Crippen molar-refractivity contribution in [1.29, 1.82) is 0 Å². The Balaban J connectivity index is 2.56. The fourth-order valence-electron chi connectivity index (χ4n) is 1.52. The van der Waals surface area contributed by atoms with E-state index in [9.17, 15) is 5.11 Å². The van der Waals surface area contributed by atoms with Crippen LogP contribution in [0.3, 0.4) is 0 Å². The maximum absolute atomic E-state index is 9.43. The number of phenolic OH excluding ortho intramolecular Hbond substituents is 1. The van der Waals surface area contributed by atoms with E-state index in [0.717, 1.165) is 28.4 Å². The molecule has 3 heteroatoms. The summed E-state index contributed by atoms with van der Waals surface area (Å²) in [7, 11) is 0. The van der Waals surface area contributed by atoms with Crippen molar-refractivity contribution in [1.82, 2.24) is 0 Å². The summed E-state index contributed by atoms with van der Waals surface area (Å²) in [6.07, 6.45) is 2.02. The fraction of sp³-hybridized carbons (Fsp3) is 0.400. The number of rotatable bonds is 1. The molecule has 0 aliphatic heterocycles. The van der Waals surface area contributed by atoms with Gasteiger partial charge in [0.25, 0.3) is 0 Å². The number of benzene rings is 1. The second-order valence-corrected chi connectivity index (χ2v) is 4.57. The second-order valence-electron chi connectivity index (χ2n) is 3.78. The van der Waals surface area contributed by atoms with E-state index in [2.05, 4.69) is 15.9 Å². The van der Waals surface area contributed by atoms with Crippen molar-refractivity contribution >= 4 is 15.9 Å². The van der Waals surface area contributed by atoms with E-state index in [0.29, 0.717) is 5.75 Å². The molecule has 1 aliphatic carbocycles. The van der Waals surface area contributed by atoms with E-state index in [1.807, 2.05) is 6.92 Å². The van der Waals surface area contributed by atoms with Crippen molar-refractivity contribution in [3.05, 3.63) is 27.7 Å². The monoisotopic (exact) mass is 241 g/mol. The average molecular weight is 242 g/mol. The smallest absolute Gasteiger partial charge is 0.116 e. The summed E-state index contributed by atoms with van der Waals surface area (Å²) in [5.41, 5.74) is 7.94. The van der Waals surface area contributed by atoms with Gasteiger partial charge in [0.15, 0.2) is 0 Å². The molecule has 1 saturated carbocycles.